The third kappa shape index (κ3) is 2.12. The molecule has 1 saturated heterocycles. The van der Waals surface area contributed by atoms with Gasteiger partial charge in [0.25, 0.3) is 0 Å². The van der Waals surface area contributed by atoms with Crippen LogP contribution in [0, 0.1) is 0 Å². The van der Waals surface area contributed by atoms with Crippen LogP contribution in [-0.4, -0.2) is 43.5 Å². The van der Waals surface area contributed by atoms with Crippen LogP contribution < -0.4 is 10.6 Å². The van der Waals surface area contributed by atoms with E-state index in [4.69, 9.17) is 5.73 Å². The number of rotatable bonds is 2. The Bertz CT molecular complexity index is 580. The summed E-state index contributed by atoms with van der Waals surface area (Å²) in [6.45, 7) is 3.07. The molecule has 0 bridgehead atoms. The predicted octanol–water partition coefficient (Wildman–Crippen LogP) is 0.206. The molecule has 1 atom stereocenters. The van der Waals surface area contributed by atoms with Crippen molar-refractivity contribution in [2.45, 2.75) is 18.9 Å². The molecule has 1 fully saturated rings. The molecular weight excluding hydrogens is 244 g/mol. The molecule has 1 aliphatic heterocycles. The second-order valence-electron chi connectivity index (χ2n) is 5.05. The summed E-state index contributed by atoms with van der Waals surface area (Å²) in [6, 6.07) is 1.81. The summed E-state index contributed by atoms with van der Waals surface area (Å²) in [6.07, 6.45) is 5.62. The second-order valence-corrected chi connectivity index (χ2v) is 5.05. The third-order valence-electron chi connectivity index (χ3n) is 3.31. The van der Waals surface area contributed by atoms with Gasteiger partial charge in [0.2, 0.25) is 0 Å². The molecule has 3 N–H and O–H groups in total. The molecule has 1 aliphatic rings. The van der Waals surface area contributed by atoms with Gasteiger partial charge in [-0.05, 0) is 19.4 Å². The molecule has 7 nitrogen and oxygen atoms in total. The Kier molecular flexibility index (Phi) is 2.63. The standard InChI is InChI=1S/C12H16N6O/c1-12(19)3-6-17(7-12)10-9(13)11(15-8-14-10)18-5-2-4-16-18/h2,4-5,8,19H,3,6-7,13H2,1H3. The summed E-state index contributed by atoms with van der Waals surface area (Å²) in [5, 5.41) is 14.1. The van der Waals surface area contributed by atoms with E-state index < -0.39 is 5.60 Å². The van der Waals surface area contributed by atoms with E-state index in [1.807, 2.05) is 17.9 Å². The summed E-state index contributed by atoms with van der Waals surface area (Å²) in [7, 11) is 0. The normalized spacial score (nSPS) is 22.9. The quantitative estimate of drug-likeness (QED) is 0.801. The van der Waals surface area contributed by atoms with Gasteiger partial charge in [0.1, 0.15) is 12.0 Å². The van der Waals surface area contributed by atoms with E-state index >= 15 is 0 Å². The molecule has 100 valence electrons. The van der Waals surface area contributed by atoms with Crippen LogP contribution in [0.5, 0.6) is 0 Å². The minimum Gasteiger partial charge on any atom is -0.393 e. The van der Waals surface area contributed by atoms with Crippen molar-refractivity contribution >= 4 is 11.5 Å². The van der Waals surface area contributed by atoms with Crippen molar-refractivity contribution in [3.8, 4) is 5.82 Å². The largest absolute Gasteiger partial charge is 0.393 e. The highest BCUT2D eigenvalue weighted by molar-refractivity contribution is 5.70. The highest BCUT2D eigenvalue weighted by Gasteiger charge is 2.33. The first-order valence-electron chi connectivity index (χ1n) is 6.15. The van der Waals surface area contributed by atoms with E-state index in [0.29, 0.717) is 30.3 Å². The number of hydrogen-bond acceptors (Lipinski definition) is 6. The lowest BCUT2D eigenvalue weighted by Gasteiger charge is -2.21. The van der Waals surface area contributed by atoms with Crippen molar-refractivity contribution in [2.75, 3.05) is 23.7 Å². The fraction of sp³-hybridized carbons (Fsp3) is 0.417. The van der Waals surface area contributed by atoms with E-state index in [9.17, 15) is 5.11 Å². The van der Waals surface area contributed by atoms with E-state index in [2.05, 4.69) is 15.1 Å². The Morgan fingerprint density at radius 3 is 2.79 bits per heavy atom. The summed E-state index contributed by atoms with van der Waals surface area (Å²) >= 11 is 0. The molecule has 19 heavy (non-hydrogen) atoms. The highest BCUT2D eigenvalue weighted by Crippen LogP contribution is 2.30. The monoisotopic (exact) mass is 260 g/mol. The number of anilines is 2. The van der Waals surface area contributed by atoms with Crippen molar-refractivity contribution in [1.82, 2.24) is 19.7 Å². The number of hydrogen-bond donors (Lipinski definition) is 2. The van der Waals surface area contributed by atoms with Gasteiger partial charge in [-0.3, -0.25) is 0 Å². The predicted molar refractivity (Wildman–Crippen MR) is 71.0 cm³/mol. The van der Waals surface area contributed by atoms with Crippen LogP contribution >= 0.6 is 0 Å². The number of β-amino-alcohol motifs (C(OH)–C–C–N with tert-alkyl or cyclic N) is 1. The molecule has 0 radical (unpaired) electrons. The van der Waals surface area contributed by atoms with Crippen LogP contribution in [-0.2, 0) is 0 Å². The van der Waals surface area contributed by atoms with Crippen LogP contribution in [0.3, 0.4) is 0 Å². The third-order valence-corrected chi connectivity index (χ3v) is 3.31. The van der Waals surface area contributed by atoms with E-state index in [-0.39, 0.29) is 0 Å². The number of nitrogens with two attached hydrogens (primary N) is 1. The van der Waals surface area contributed by atoms with Crippen LogP contribution in [0.25, 0.3) is 5.82 Å². The second kappa shape index (κ2) is 4.20. The lowest BCUT2D eigenvalue weighted by Crippen LogP contribution is -2.30. The Labute approximate surface area is 110 Å². The summed E-state index contributed by atoms with van der Waals surface area (Å²) in [4.78, 5) is 10.4. The lowest BCUT2D eigenvalue weighted by molar-refractivity contribution is 0.0839. The molecule has 0 amide bonds. The molecule has 0 saturated carbocycles. The zero-order chi connectivity index (χ0) is 13.5. The van der Waals surface area contributed by atoms with Crippen molar-refractivity contribution in [2.24, 2.45) is 0 Å². The minimum atomic E-state index is -0.691. The zero-order valence-electron chi connectivity index (χ0n) is 10.7. The molecule has 2 aromatic heterocycles. The molecule has 0 aromatic carbocycles. The van der Waals surface area contributed by atoms with Gasteiger partial charge in [0.05, 0.1) is 5.60 Å². The summed E-state index contributed by atoms with van der Waals surface area (Å²) < 4.78 is 1.61. The van der Waals surface area contributed by atoms with Crippen LogP contribution in [0.15, 0.2) is 24.8 Å². The Morgan fingerprint density at radius 1 is 1.37 bits per heavy atom. The van der Waals surface area contributed by atoms with Crippen LogP contribution in [0.1, 0.15) is 13.3 Å². The number of nitrogen functional groups attached to an aromatic ring is 1. The number of nitrogens with zero attached hydrogens (tertiary/aromatic N) is 5. The molecule has 7 heteroatoms. The first-order chi connectivity index (χ1) is 9.07. The number of aromatic nitrogens is 4. The maximum Gasteiger partial charge on any atom is 0.181 e. The first-order valence-corrected chi connectivity index (χ1v) is 6.15. The molecule has 3 heterocycles. The SMILES string of the molecule is CC1(O)CCN(c2ncnc(-n3cccn3)c2N)C1. The molecule has 2 aromatic rings. The van der Waals surface area contributed by atoms with Crippen molar-refractivity contribution in [1.29, 1.82) is 0 Å². The van der Waals surface area contributed by atoms with Gasteiger partial charge in [-0.1, -0.05) is 0 Å². The first kappa shape index (κ1) is 11.9. The molecule has 3 rings (SSSR count). The fourth-order valence-electron chi connectivity index (χ4n) is 2.33. The highest BCUT2D eigenvalue weighted by atomic mass is 16.3. The Balaban J connectivity index is 1.98. The average Bonchev–Trinajstić information content (AvgIpc) is 2.99. The van der Waals surface area contributed by atoms with E-state index in [1.165, 1.54) is 6.33 Å². The molecule has 0 spiro atoms. The van der Waals surface area contributed by atoms with Gasteiger partial charge in [0, 0.05) is 25.5 Å². The zero-order valence-corrected chi connectivity index (χ0v) is 10.7. The van der Waals surface area contributed by atoms with Crippen molar-refractivity contribution in [3.63, 3.8) is 0 Å². The lowest BCUT2D eigenvalue weighted by atomic mass is 10.1. The van der Waals surface area contributed by atoms with Crippen molar-refractivity contribution < 1.29 is 5.11 Å². The van der Waals surface area contributed by atoms with Gasteiger partial charge in [0.15, 0.2) is 11.6 Å². The molecule has 1 unspecified atom stereocenters. The topological polar surface area (TPSA) is 93.1 Å². The molecular formula is C12H16N6O. The van der Waals surface area contributed by atoms with Crippen LogP contribution in [0.2, 0.25) is 0 Å². The maximum absolute atomic E-state index is 10.0. The smallest absolute Gasteiger partial charge is 0.181 e. The van der Waals surface area contributed by atoms with E-state index in [0.717, 1.165) is 6.54 Å². The van der Waals surface area contributed by atoms with Gasteiger partial charge < -0.3 is 15.7 Å². The van der Waals surface area contributed by atoms with E-state index in [1.54, 1.807) is 17.1 Å². The molecule has 0 aliphatic carbocycles. The summed E-state index contributed by atoms with van der Waals surface area (Å²) in [5.74, 6) is 1.21. The number of aliphatic hydroxyl groups is 1. The van der Waals surface area contributed by atoms with Gasteiger partial charge in [-0.15, -0.1) is 0 Å². The minimum absolute atomic E-state index is 0.476. The fourth-order valence-corrected chi connectivity index (χ4v) is 2.33. The van der Waals surface area contributed by atoms with Gasteiger partial charge in [-0.25, -0.2) is 14.6 Å². The maximum atomic E-state index is 10.0. The Morgan fingerprint density at radius 2 is 2.16 bits per heavy atom. The van der Waals surface area contributed by atoms with Crippen LogP contribution in [0.4, 0.5) is 11.5 Å². The van der Waals surface area contributed by atoms with Gasteiger partial charge >= 0.3 is 0 Å². The Hall–Kier alpha value is -2.15. The van der Waals surface area contributed by atoms with Crippen molar-refractivity contribution in [3.05, 3.63) is 24.8 Å². The van der Waals surface area contributed by atoms with Gasteiger partial charge in [-0.2, -0.15) is 5.10 Å². The summed E-state index contributed by atoms with van der Waals surface area (Å²) in [5.41, 5.74) is 5.92. The average molecular weight is 260 g/mol.